The van der Waals surface area contributed by atoms with Gasteiger partial charge in [0.25, 0.3) is 5.91 Å². The molecule has 0 aliphatic carbocycles. The molecule has 1 amide bonds. The molecule has 7 nitrogen and oxygen atoms in total. The van der Waals surface area contributed by atoms with Gasteiger partial charge in [0.2, 0.25) is 0 Å². The van der Waals surface area contributed by atoms with Crippen LogP contribution in [-0.2, 0) is 9.47 Å². The summed E-state index contributed by atoms with van der Waals surface area (Å²) in [4.78, 5) is 43.3. The largest absolute Gasteiger partial charge is 0.461 e. The van der Waals surface area contributed by atoms with Crippen molar-refractivity contribution in [2.24, 2.45) is 0 Å². The van der Waals surface area contributed by atoms with Crippen molar-refractivity contribution in [3.63, 3.8) is 0 Å². The quantitative estimate of drug-likeness (QED) is 0.510. The molecule has 0 radical (unpaired) electrons. The van der Waals surface area contributed by atoms with Crippen LogP contribution in [0.15, 0.2) is 17.5 Å². The highest BCUT2D eigenvalue weighted by Crippen LogP contribution is 2.23. The molecule has 2 heterocycles. The maximum absolute atomic E-state index is 13.3. The van der Waals surface area contributed by atoms with Gasteiger partial charge in [0.05, 0.1) is 24.1 Å². The number of hydrogen-bond acceptors (Lipinski definition) is 6. The molecule has 0 aliphatic heterocycles. The molecule has 152 valence electrons. The molecule has 8 heteroatoms. The first kappa shape index (κ1) is 21.8. The van der Waals surface area contributed by atoms with Crippen LogP contribution in [0.5, 0.6) is 0 Å². The number of rotatable bonds is 9. The standard InChI is InChI=1S/C20H26N2O5S/c1-6-27-20(25)17-12(2)16(13(3)21-17)18(23)14(4)22(9-10-26-5)19(24)15-8-7-11-28-15/h7-8,11,14,21H,6,9-10H2,1-5H3/t14-/m1/s1. The summed E-state index contributed by atoms with van der Waals surface area (Å²) >= 11 is 1.33. The van der Waals surface area contributed by atoms with Crippen LogP contribution < -0.4 is 0 Å². The minimum Gasteiger partial charge on any atom is -0.461 e. The van der Waals surface area contributed by atoms with E-state index in [4.69, 9.17) is 9.47 Å². The van der Waals surface area contributed by atoms with Gasteiger partial charge in [-0.15, -0.1) is 11.3 Å². The number of aromatic nitrogens is 1. The molecule has 28 heavy (non-hydrogen) atoms. The van der Waals surface area contributed by atoms with Crippen molar-refractivity contribution >= 4 is 29.0 Å². The van der Waals surface area contributed by atoms with E-state index in [0.29, 0.717) is 28.3 Å². The Labute approximate surface area is 168 Å². The van der Waals surface area contributed by atoms with Gasteiger partial charge in [0.1, 0.15) is 5.69 Å². The third kappa shape index (κ3) is 4.51. The molecule has 0 unspecified atom stereocenters. The third-order valence-electron chi connectivity index (χ3n) is 4.54. The van der Waals surface area contributed by atoms with E-state index in [1.807, 2.05) is 5.38 Å². The summed E-state index contributed by atoms with van der Waals surface area (Å²) < 4.78 is 10.2. The first-order valence-corrected chi connectivity index (χ1v) is 9.95. The molecule has 0 spiro atoms. The Bertz CT molecular complexity index is 841. The number of aromatic amines is 1. The number of esters is 1. The Kier molecular flexibility index (Phi) is 7.53. The van der Waals surface area contributed by atoms with Gasteiger partial charge in [-0.05, 0) is 44.7 Å². The van der Waals surface area contributed by atoms with Crippen molar-refractivity contribution in [3.8, 4) is 0 Å². The van der Waals surface area contributed by atoms with Crippen LogP contribution in [-0.4, -0.2) is 60.5 Å². The monoisotopic (exact) mass is 406 g/mol. The minimum absolute atomic E-state index is 0.218. The number of H-pyrrole nitrogens is 1. The molecular formula is C20H26N2O5S. The smallest absolute Gasteiger partial charge is 0.355 e. The molecule has 0 aromatic carbocycles. The minimum atomic E-state index is -0.715. The van der Waals surface area contributed by atoms with Crippen molar-refractivity contribution in [1.29, 1.82) is 0 Å². The van der Waals surface area contributed by atoms with Crippen LogP contribution in [0, 0.1) is 13.8 Å². The van der Waals surface area contributed by atoms with Crippen molar-refractivity contribution < 1.29 is 23.9 Å². The van der Waals surface area contributed by atoms with Crippen LogP contribution in [0.4, 0.5) is 0 Å². The topological polar surface area (TPSA) is 88.7 Å². The van der Waals surface area contributed by atoms with Gasteiger partial charge in [0.15, 0.2) is 5.78 Å². The average Bonchev–Trinajstić information content (AvgIpc) is 3.29. The summed E-state index contributed by atoms with van der Waals surface area (Å²) in [5.74, 6) is -0.951. The first-order valence-electron chi connectivity index (χ1n) is 9.07. The molecule has 0 bridgehead atoms. The second-order valence-electron chi connectivity index (χ2n) is 6.35. The van der Waals surface area contributed by atoms with E-state index in [2.05, 4.69) is 4.98 Å². The zero-order valence-electron chi connectivity index (χ0n) is 16.8. The highest BCUT2D eigenvalue weighted by atomic mass is 32.1. The summed E-state index contributed by atoms with van der Waals surface area (Å²) in [5.41, 5.74) is 1.79. The number of thiophene rings is 1. The first-order chi connectivity index (χ1) is 13.3. The lowest BCUT2D eigenvalue weighted by atomic mass is 9.99. The van der Waals surface area contributed by atoms with Crippen LogP contribution in [0.2, 0.25) is 0 Å². The van der Waals surface area contributed by atoms with Crippen LogP contribution in [0.25, 0.3) is 0 Å². The second kappa shape index (κ2) is 9.66. The van der Waals surface area contributed by atoms with Gasteiger partial charge in [0, 0.05) is 24.9 Å². The Morgan fingerprint density at radius 1 is 1.29 bits per heavy atom. The SMILES string of the molecule is CCOC(=O)c1[nH]c(C)c(C(=O)[C@@H](C)N(CCOC)C(=O)c2cccs2)c1C. The van der Waals surface area contributed by atoms with Gasteiger partial charge in [-0.25, -0.2) is 4.79 Å². The summed E-state index contributed by atoms with van der Waals surface area (Å²) in [6.07, 6.45) is 0. The Morgan fingerprint density at radius 3 is 2.57 bits per heavy atom. The third-order valence-corrected chi connectivity index (χ3v) is 5.40. The fourth-order valence-electron chi connectivity index (χ4n) is 3.08. The Balaban J connectivity index is 2.34. The molecule has 2 aromatic rings. The maximum Gasteiger partial charge on any atom is 0.355 e. The van der Waals surface area contributed by atoms with Crippen LogP contribution in [0.1, 0.15) is 55.6 Å². The molecule has 0 fully saturated rings. The van der Waals surface area contributed by atoms with Gasteiger partial charge >= 0.3 is 5.97 Å². The molecule has 0 saturated heterocycles. The number of carbonyl (C=O) groups is 3. The van der Waals surface area contributed by atoms with Gasteiger partial charge in [-0.1, -0.05) is 6.07 Å². The predicted molar refractivity (Wildman–Crippen MR) is 107 cm³/mol. The fourth-order valence-corrected chi connectivity index (χ4v) is 3.76. The molecular weight excluding hydrogens is 380 g/mol. The van der Waals surface area contributed by atoms with Crippen molar-refractivity contribution in [1.82, 2.24) is 9.88 Å². The lowest BCUT2D eigenvalue weighted by Gasteiger charge is -2.28. The predicted octanol–water partition coefficient (Wildman–Crippen LogP) is 3.23. The van der Waals surface area contributed by atoms with E-state index in [9.17, 15) is 14.4 Å². The molecule has 0 saturated carbocycles. The Hall–Kier alpha value is -2.45. The summed E-state index contributed by atoms with van der Waals surface area (Å²) in [7, 11) is 1.55. The normalized spacial score (nSPS) is 11.9. The van der Waals surface area contributed by atoms with E-state index >= 15 is 0 Å². The van der Waals surface area contributed by atoms with Crippen LogP contribution >= 0.6 is 11.3 Å². The van der Waals surface area contributed by atoms with E-state index in [0.717, 1.165) is 0 Å². The lowest BCUT2D eigenvalue weighted by molar-refractivity contribution is 0.0518. The number of nitrogens with zero attached hydrogens (tertiary/aromatic N) is 1. The van der Waals surface area contributed by atoms with Gasteiger partial charge in [-0.2, -0.15) is 0 Å². The number of hydrogen-bond donors (Lipinski definition) is 1. The van der Waals surface area contributed by atoms with Gasteiger partial charge < -0.3 is 19.4 Å². The molecule has 2 rings (SSSR count). The number of Topliss-reactive ketones (excluding diaryl/α,β-unsaturated/α-hetero) is 1. The number of methoxy groups -OCH3 is 1. The molecule has 1 atom stereocenters. The maximum atomic E-state index is 13.3. The van der Waals surface area contributed by atoms with Gasteiger partial charge in [-0.3, -0.25) is 9.59 Å². The van der Waals surface area contributed by atoms with Crippen LogP contribution in [0.3, 0.4) is 0 Å². The zero-order chi connectivity index (χ0) is 20.8. The number of carbonyl (C=O) groups excluding carboxylic acids is 3. The fraction of sp³-hybridized carbons (Fsp3) is 0.450. The van der Waals surface area contributed by atoms with E-state index in [-0.39, 0.29) is 30.5 Å². The number of amides is 1. The van der Waals surface area contributed by atoms with Crippen molar-refractivity contribution in [3.05, 3.63) is 44.9 Å². The lowest BCUT2D eigenvalue weighted by Crippen LogP contribution is -2.45. The average molecular weight is 407 g/mol. The van der Waals surface area contributed by atoms with E-state index in [1.54, 1.807) is 46.9 Å². The van der Waals surface area contributed by atoms with E-state index in [1.165, 1.54) is 16.2 Å². The summed E-state index contributed by atoms with van der Waals surface area (Å²) in [5, 5.41) is 1.82. The molecule has 1 N–H and O–H groups in total. The Morgan fingerprint density at radius 2 is 2.00 bits per heavy atom. The molecule has 0 aliphatic rings. The van der Waals surface area contributed by atoms with Crippen molar-refractivity contribution in [2.75, 3.05) is 26.9 Å². The zero-order valence-corrected chi connectivity index (χ0v) is 17.6. The number of aryl methyl sites for hydroxylation is 1. The number of ketones is 1. The van der Waals surface area contributed by atoms with E-state index < -0.39 is 12.0 Å². The highest BCUT2D eigenvalue weighted by Gasteiger charge is 2.31. The van der Waals surface area contributed by atoms with Crippen molar-refractivity contribution in [2.45, 2.75) is 33.7 Å². The second-order valence-corrected chi connectivity index (χ2v) is 7.30. The summed E-state index contributed by atoms with van der Waals surface area (Å²) in [6, 6.07) is 2.81. The summed E-state index contributed by atoms with van der Waals surface area (Å²) in [6.45, 7) is 7.70. The number of nitrogens with one attached hydrogen (secondary N) is 1. The molecule has 2 aromatic heterocycles. The number of ether oxygens (including phenoxy) is 2. The highest BCUT2D eigenvalue weighted by molar-refractivity contribution is 7.12.